The van der Waals surface area contributed by atoms with E-state index in [1.807, 2.05) is 6.92 Å². The van der Waals surface area contributed by atoms with Gasteiger partial charge in [0.15, 0.2) is 17.3 Å². The highest BCUT2D eigenvalue weighted by Crippen LogP contribution is 2.20. The number of nitrogens with zero attached hydrogens (tertiary/aromatic N) is 2. The van der Waals surface area contributed by atoms with Crippen LogP contribution < -0.4 is 4.74 Å². The molecule has 0 aliphatic carbocycles. The summed E-state index contributed by atoms with van der Waals surface area (Å²) >= 11 is 0. The van der Waals surface area contributed by atoms with E-state index < -0.39 is 11.6 Å². The molecule has 0 aliphatic rings. The van der Waals surface area contributed by atoms with Gasteiger partial charge in [-0.05, 0) is 50.3 Å². The lowest BCUT2D eigenvalue weighted by Crippen LogP contribution is -1.96. The summed E-state index contributed by atoms with van der Waals surface area (Å²) in [6.07, 6.45) is 4.67. The van der Waals surface area contributed by atoms with E-state index in [0.717, 1.165) is 12.1 Å². The van der Waals surface area contributed by atoms with Gasteiger partial charge in [0.05, 0.1) is 11.3 Å². The number of carbonyl (C=O) groups excluding carboxylic acids is 1. The summed E-state index contributed by atoms with van der Waals surface area (Å²) in [5, 5.41) is 4.24. The fraction of sp³-hybridized carbons (Fsp3) is 0.200. The molecule has 0 aliphatic heterocycles. The Morgan fingerprint density at radius 1 is 1.30 bits per heavy atom. The largest absolute Gasteiger partial charge is 0.483 e. The topological polar surface area (TPSA) is 57.3 Å². The van der Waals surface area contributed by atoms with Crippen molar-refractivity contribution in [2.45, 2.75) is 27.0 Å². The Kier molecular flexibility index (Phi) is 5.49. The number of rotatable bonds is 7. The predicted octanol–water partition coefficient (Wildman–Crippen LogP) is 4.56. The lowest BCUT2D eigenvalue weighted by atomic mass is 10.1. The van der Waals surface area contributed by atoms with Crippen molar-refractivity contribution in [1.82, 2.24) is 9.78 Å². The van der Waals surface area contributed by atoms with Crippen molar-refractivity contribution in [3.05, 3.63) is 77.0 Å². The zero-order valence-electron chi connectivity index (χ0n) is 14.9. The second-order valence-electron chi connectivity index (χ2n) is 5.85. The van der Waals surface area contributed by atoms with E-state index in [0.29, 0.717) is 29.3 Å². The van der Waals surface area contributed by atoms with Crippen LogP contribution in [0.2, 0.25) is 0 Å². The van der Waals surface area contributed by atoms with Crippen molar-refractivity contribution >= 4 is 11.9 Å². The summed E-state index contributed by atoms with van der Waals surface area (Å²) in [6, 6.07) is 6.41. The van der Waals surface area contributed by atoms with Gasteiger partial charge in [0.1, 0.15) is 23.9 Å². The van der Waals surface area contributed by atoms with E-state index in [9.17, 15) is 13.6 Å². The van der Waals surface area contributed by atoms with Gasteiger partial charge < -0.3 is 9.15 Å². The van der Waals surface area contributed by atoms with Crippen LogP contribution in [-0.2, 0) is 13.2 Å². The number of aromatic nitrogens is 2. The first-order valence-electron chi connectivity index (χ1n) is 8.39. The molecule has 27 heavy (non-hydrogen) atoms. The summed E-state index contributed by atoms with van der Waals surface area (Å²) in [5.41, 5.74) is 1.20. The lowest BCUT2D eigenvalue weighted by Gasteiger charge is -2.05. The highest BCUT2D eigenvalue weighted by atomic mass is 19.1. The molecule has 3 aromatic rings. The van der Waals surface area contributed by atoms with Gasteiger partial charge in [-0.3, -0.25) is 9.48 Å². The zero-order valence-corrected chi connectivity index (χ0v) is 14.9. The Balaban J connectivity index is 1.62. The molecule has 0 bridgehead atoms. The molecule has 3 rings (SSSR count). The van der Waals surface area contributed by atoms with Crippen molar-refractivity contribution in [3.63, 3.8) is 0 Å². The second kappa shape index (κ2) is 7.99. The number of hydrogen-bond donors (Lipinski definition) is 0. The van der Waals surface area contributed by atoms with E-state index in [2.05, 4.69) is 5.10 Å². The molecule has 0 atom stereocenters. The second-order valence-corrected chi connectivity index (χ2v) is 5.85. The molecule has 0 radical (unpaired) electrons. The molecule has 0 spiro atoms. The average Bonchev–Trinajstić information content (AvgIpc) is 3.25. The normalized spacial score (nSPS) is 11.3. The van der Waals surface area contributed by atoms with E-state index in [4.69, 9.17) is 9.15 Å². The Morgan fingerprint density at radius 2 is 2.11 bits per heavy atom. The van der Waals surface area contributed by atoms with Gasteiger partial charge in [0, 0.05) is 18.8 Å². The Morgan fingerprint density at radius 3 is 2.81 bits per heavy atom. The number of benzene rings is 1. The minimum absolute atomic E-state index is 0.0211. The third-order valence-corrected chi connectivity index (χ3v) is 3.88. The molecule has 0 saturated carbocycles. The van der Waals surface area contributed by atoms with Crippen molar-refractivity contribution in [2.75, 3.05) is 0 Å². The van der Waals surface area contributed by atoms with Crippen LogP contribution in [0.1, 0.15) is 34.5 Å². The average molecular weight is 372 g/mol. The number of furan rings is 1. The number of ether oxygens (including phenoxy) is 1. The summed E-state index contributed by atoms with van der Waals surface area (Å²) in [5.74, 6) is -0.786. The molecule has 1 aromatic carbocycles. The van der Waals surface area contributed by atoms with Gasteiger partial charge in [0.2, 0.25) is 0 Å². The SMILES string of the molecule is CCn1cc(C(=O)/C=C/c2ccc(COc3ccc(F)cc3F)o2)c(C)n1. The quantitative estimate of drug-likeness (QED) is 0.451. The number of aryl methyl sites for hydroxylation is 2. The molecule has 0 saturated heterocycles. The Hall–Kier alpha value is -3.22. The molecule has 0 fully saturated rings. The van der Waals surface area contributed by atoms with E-state index in [1.54, 1.807) is 36.0 Å². The molecular weight excluding hydrogens is 354 g/mol. The number of hydrogen-bond acceptors (Lipinski definition) is 4. The van der Waals surface area contributed by atoms with Crippen LogP contribution in [0.5, 0.6) is 5.75 Å². The summed E-state index contributed by atoms with van der Waals surface area (Å²) in [7, 11) is 0. The molecule has 7 heteroatoms. The maximum atomic E-state index is 13.5. The van der Waals surface area contributed by atoms with E-state index in [1.165, 1.54) is 12.1 Å². The minimum Gasteiger partial charge on any atom is -0.483 e. The standard InChI is InChI=1S/C20H18F2N2O3/c1-3-24-11-17(13(2)23-24)19(25)8-7-15-5-6-16(27-15)12-26-20-9-4-14(21)10-18(20)22/h4-11H,3,12H2,1-2H3/b8-7+. The van der Waals surface area contributed by atoms with Crippen LogP contribution in [0.3, 0.4) is 0 Å². The van der Waals surface area contributed by atoms with Gasteiger partial charge >= 0.3 is 0 Å². The minimum atomic E-state index is -0.782. The lowest BCUT2D eigenvalue weighted by molar-refractivity contribution is 0.104. The van der Waals surface area contributed by atoms with Crippen LogP contribution >= 0.6 is 0 Å². The Bertz CT molecular complexity index is 989. The predicted molar refractivity (Wildman–Crippen MR) is 95.4 cm³/mol. The highest BCUT2D eigenvalue weighted by molar-refractivity contribution is 6.07. The first-order valence-corrected chi connectivity index (χ1v) is 8.39. The molecule has 2 heterocycles. The first-order chi connectivity index (χ1) is 13.0. The van der Waals surface area contributed by atoms with Gasteiger partial charge in [-0.25, -0.2) is 8.78 Å². The van der Waals surface area contributed by atoms with Crippen molar-refractivity contribution in [1.29, 1.82) is 0 Å². The fourth-order valence-corrected chi connectivity index (χ4v) is 2.47. The number of halogens is 2. The van der Waals surface area contributed by atoms with Gasteiger partial charge in [-0.15, -0.1) is 0 Å². The maximum absolute atomic E-state index is 13.5. The number of carbonyl (C=O) groups is 1. The summed E-state index contributed by atoms with van der Waals surface area (Å²) in [6.45, 7) is 4.39. The smallest absolute Gasteiger partial charge is 0.189 e. The van der Waals surface area contributed by atoms with Crippen LogP contribution in [-0.4, -0.2) is 15.6 Å². The van der Waals surface area contributed by atoms with Crippen molar-refractivity contribution in [2.24, 2.45) is 0 Å². The van der Waals surface area contributed by atoms with Crippen LogP contribution in [0.4, 0.5) is 8.78 Å². The molecule has 0 unspecified atom stereocenters. The van der Waals surface area contributed by atoms with Gasteiger partial charge in [0.25, 0.3) is 0 Å². The maximum Gasteiger partial charge on any atom is 0.189 e. The Labute approximate surface area is 154 Å². The van der Waals surface area contributed by atoms with Crippen molar-refractivity contribution < 1.29 is 22.7 Å². The van der Waals surface area contributed by atoms with Crippen LogP contribution in [0.25, 0.3) is 6.08 Å². The monoisotopic (exact) mass is 372 g/mol. The summed E-state index contributed by atoms with van der Waals surface area (Å²) < 4.78 is 38.9. The number of ketones is 1. The third kappa shape index (κ3) is 4.49. The van der Waals surface area contributed by atoms with Crippen LogP contribution in [0, 0.1) is 18.6 Å². The van der Waals surface area contributed by atoms with Gasteiger partial charge in [-0.1, -0.05) is 0 Å². The molecule has 2 aromatic heterocycles. The first kappa shape index (κ1) is 18.6. The third-order valence-electron chi connectivity index (χ3n) is 3.88. The number of allylic oxidation sites excluding steroid dienone is 1. The van der Waals surface area contributed by atoms with E-state index >= 15 is 0 Å². The zero-order chi connectivity index (χ0) is 19.4. The van der Waals surface area contributed by atoms with Crippen LogP contribution in [0.15, 0.2) is 47.0 Å². The molecule has 0 amide bonds. The molecular formula is C20H18F2N2O3. The van der Waals surface area contributed by atoms with Gasteiger partial charge in [-0.2, -0.15) is 5.10 Å². The molecule has 5 nitrogen and oxygen atoms in total. The molecule has 140 valence electrons. The highest BCUT2D eigenvalue weighted by Gasteiger charge is 2.11. The summed E-state index contributed by atoms with van der Waals surface area (Å²) in [4.78, 5) is 12.3. The fourth-order valence-electron chi connectivity index (χ4n) is 2.47. The molecule has 0 N–H and O–H groups in total. The van der Waals surface area contributed by atoms with E-state index in [-0.39, 0.29) is 18.1 Å². The van der Waals surface area contributed by atoms with Crippen molar-refractivity contribution in [3.8, 4) is 5.75 Å².